The molecule has 0 aromatic heterocycles. The van der Waals surface area contributed by atoms with Crippen molar-refractivity contribution >= 4 is 23.9 Å². The number of carbonyl (C=O) groups excluding carboxylic acids is 4. The number of rotatable bonds is 0. The van der Waals surface area contributed by atoms with Crippen LogP contribution in [0.1, 0.15) is 72.1 Å². The van der Waals surface area contributed by atoms with Crippen molar-refractivity contribution in [3.8, 4) is 0 Å². The quantitative estimate of drug-likeness (QED) is 0.465. The molecule has 8 heteroatoms. The fraction of sp³-hybridized carbons (Fsp3) is 0.545. The number of carbonyl (C=O) groups is 4. The molecule has 3 aliphatic heterocycles. The van der Waals surface area contributed by atoms with Gasteiger partial charge in [0.15, 0.2) is 0 Å². The van der Waals surface area contributed by atoms with Crippen LogP contribution in [0.15, 0.2) is 24.3 Å². The summed E-state index contributed by atoms with van der Waals surface area (Å²) in [6, 6.07) is 6.28. The van der Waals surface area contributed by atoms with Crippen molar-refractivity contribution in [2.75, 3.05) is 26.4 Å². The van der Waals surface area contributed by atoms with Crippen molar-refractivity contribution in [2.24, 2.45) is 0 Å². The molecule has 0 amide bonds. The van der Waals surface area contributed by atoms with Crippen molar-refractivity contribution in [2.45, 2.75) is 51.4 Å². The Balaban J connectivity index is 0.000000216. The molecule has 0 atom stereocenters. The summed E-state index contributed by atoms with van der Waals surface area (Å²) in [5.41, 5.74) is 0.911. The van der Waals surface area contributed by atoms with Gasteiger partial charge in [-0.05, 0) is 62.8 Å². The minimum absolute atomic E-state index is 0.154. The molecule has 0 aliphatic carbocycles. The number of cyclic esters (lactones) is 2. The molecule has 3 aliphatic rings. The Morgan fingerprint density at radius 2 is 0.800 bits per heavy atom. The highest BCUT2D eigenvalue weighted by molar-refractivity contribution is 5.93. The summed E-state index contributed by atoms with van der Waals surface area (Å²) >= 11 is 0. The molecule has 0 unspecified atom stereocenters. The van der Waals surface area contributed by atoms with Crippen molar-refractivity contribution in [1.29, 1.82) is 0 Å². The molecule has 0 radical (unpaired) electrons. The average molecular weight is 420 g/mol. The zero-order valence-electron chi connectivity index (χ0n) is 17.1. The second-order valence-electron chi connectivity index (χ2n) is 6.91. The lowest BCUT2D eigenvalue weighted by molar-refractivity contribution is -0.147. The normalized spacial score (nSPS) is 19.1. The van der Waals surface area contributed by atoms with Gasteiger partial charge in [0.1, 0.15) is 0 Å². The predicted molar refractivity (Wildman–Crippen MR) is 106 cm³/mol. The van der Waals surface area contributed by atoms with Gasteiger partial charge in [-0.2, -0.15) is 0 Å². The van der Waals surface area contributed by atoms with Crippen LogP contribution in [0.3, 0.4) is 0 Å². The van der Waals surface area contributed by atoms with Crippen LogP contribution in [-0.4, -0.2) is 50.3 Å². The molecule has 4 rings (SSSR count). The summed E-state index contributed by atoms with van der Waals surface area (Å²) in [5, 5.41) is 0. The first kappa shape index (κ1) is 23.4. The molecule has 1 saturated heterocycles. The summed E-state index contributed by atoms with van der Waals surface area (Å²) < 4.78 is 20.0. The minimum Gasteiger partial charge on any atom is -0.466 e. The van der Waals surface area contributed by atoms with E-state index in [1.165, 1.54) is 0 Å². The van der Waals surface area contributed by atoms with Gasteiger partial charge in [0.05, 0.1) is 37.6 Å². The minimum atomic E-state index is -0.347. The standard InChI is InChI=1S/C12H12O4.C10H16O4/c13-11-9-3-5-10(6-4-9)12(14)16-8-2-1-7-15-11;11-9-5-1-2-6-10(12)14-8-4-3-7-13-9/h3-6H,1-2,7-8H2;1-8H2. The third kappa shape index (κ3) is 9.07. The molecular weight excluding hydrogens is 392 g/mol. The van der Waals surface area contributed by atoms with E-state index in [9.17, 15) is 19.2 Å². The molecule has 8 nitrogen and oxygen atoms in total. The van der Waals surface area contributed by atoms with E-state index < -0.39 is 0 Å². The molecule has 0 spiro atoms. The number of benzene rings is 1. The van der Waals surface area contributed by atoms with Gasteiger partial charge in [0.2, 0.25) is 0 Å². The molecule has 1 aromatic rings. The van der Waals surface area contributed by atoms with E-state index in [0.717, 1.165) is 12.8 Å². The lowest BCUT2D eigenvalue weighted by Crippen LogP contribution is -2.12. The Hall–Kier alpha value is -2.90. The maximum Gasteiger partial charge on any atom is 0.338 e. The summed E-state index contributed by atoms with van der Waals surface area (Å²) in [5.74, 6) is -1.00. The number of fused-ring (bicyclic) bond motifs is 9. The second-order valence-corrected chi connectivity index (χ2v) is 6.91. The van der Waals surface area contributed by atoms with E-state index in [2.05, 4.69) is 0 Å². The van der Waals surface area contributed by atoms with Crippen LogP contribution in [-0.2, 0) is 28.5 Å². The average Bonchev–Trinajstić information content (AvgIpc) is 2.74. The SMILES string of the molecule is O=C1CCCCC(=O)OCCCCO1.O=C1OCCCCOC(=O)c2ccc1cc2. The fourth-order valence-electron chi connectivity index (χ4n) is 2.70. The zero-order valence-corrected chi connectivity index (χ0v) is 17.1. The smallest absolute Gasteiger partial charge is 0.338 e. The molecule has 1 aromatic carbocycles. The fourth-order valence-corrected chi connectivity index (χ4v) is 2.70. The molecule has 0 saturated carbocycles. The van der Waals surface area contributed by atoms with Gasteiger partial charge in [-0.3, -0.25) is 9.59 Å². The van der Waals surface area contributed by atoms with Gasteiger partial charge in [0, 0.05) is 12.8 Å². The molecule has 164 valence electrons. The highest BCUT2D eigenvalue weighted by atomic mass is 16.5. The maximum atomic E-state index is 11.5. The van der Waals surface area contributed by atoms with Gasteiger partial charge in [-0.1, -0.05) is 0 Å². The lowest BCUT2D eigenvalue weighted by Gasteiger charge is -2.09. The van der Waals surface area contributed by atoms with Gasteiger partial charge < -0.3 is 18.9 Å². The van der Waals surface area contributed by atoms with Crippen molar-refractivity contribution in [1.82, 2.24) is 0 Å². The van der Waals surface area contributed by atoms with Crippen LogP contribution in [0.25, 0.3) is 0 Å². The van der Waals surface area contributed by atoms with Crippen LogP contribution in [0.2, 0.25) is 0 Å². The number of hydrogen-bond donors (Lipinski definition) is 0. The first-order chi connectivity index (χ1) is 14.6. The van der Waals surface area contributed by atoms with Crippen LogP contribution in [0.4, 0.5) is 0 Å². The molecular formula is C22H28O8. The number of ether oxygens (including phenoxy) is 4. The maximum absolute atomic E-state index is 11.5. The van der Waals surface area contributed by atoms with Crippen molar-refractivity contribution in [3.63, 3.8) is 0 Å². The molecule has 3 heterocycles. The summed E-state index contributed by atoms with van der Waals surface area (Å²) in [4.78, 5) is 45.0. The highest BCUT2D eigenvalue weighted by Crippen LogP contribution is 2.10. The predicted octanol–water partition coefficient (Wildman–Crippen LogP) is 3.22. The number of hydrogen-bond acceptors (Lipinski definition) is 8. The van der Waals surface area contributed by atoms with Gasteiger partial charge in [-0.15, -0.1) is 0 Å². The van der Waals surface area contributed by atoms with Crippen LogP contribution >= 0.6 is 0 Å². The summed E-state index contributed by atoms with van der Waals surface area (Å²) in [6.07, 6.45) is 5.16. The van der Waals surface area contributed by atoms with E-state index in [0.29, 0.717) is 76.1 Å². The summed E-state index contributed by atoms with van der Waals surface area (Å²) in [7, 11) is 0. The Bertz CT molecular complexity index is 649. The van der Waals surface area contributed by atoms with Crippen LogP contribution < -0.4 is 0 Å². The van der Waals surface area contributed by atoms with E-state index in [1.54, 1.807) is 24.3 Å². The van der Waals surface area contributed by atoms with Gasteiger partial charge in [0.25, 0.3) is 0 Å². The molecule has 30 heavy (non-hydrogen) atoms. The first-order valence-electron chi connectivity index (χ1n) is 10.3. The topological polar surface area (TPSA) is 105 Å². The monoisotopic (exact) mass is 420 g/mol. The molecule has 2 bridgehead atoms. The third-order valence-electron chi connectivity index (χ3n) is 4.44. The Labute approximate surface area is 175 Å². The van der Waals surface area contributed by atoms with Crippen LogP contribution in [0.5, 0.6) is 0 Å². The molecule has 1 fully saturated rings. The number of esters is 4. The highest BCUT2D eigenvalue weighted by Gasteiger charge is 2.12. The Morgan fingerprint density at radius 3 is 1.17 bits per heavy atom. The third-order valence-corrected chi connectivity index (χ3v) is 4.44. The van der Waals surface area contributed by atoms with Crippen molar-refractivity contribution < 1.29 is 38.1 Å². The Morgan fingerprint density at radius 1 is 0.467 bits per heavy atom. The van der Waals surface area contributed by atoms with Gasteiger partial charge in [-0.25, -0.2) is 9.59 Å². The Kier molecular flexibility index (Phi) is 10.4. The van der Waals surface area contributed by atoms with E-state index >= 15 is 0 Å². The first-order valence-corrected chi connectivity index (χ1v) is 10.3. The van der Waals surface area contributed by atoms with Gasteiger partial charge >= 0.3 is 23.9 Å². The lowest BCUT2D eigenvalue weighted by atomic mass is 10.1. The largest absolute Gasteiger partial charge is 0.466 e. The summed E-state index contributed by atoms with van der Waals surface area (Å²) in [6.45, 7) is 1.60. The van der Waals surface area contributed by atoms with E-state index in [-0.39, 0.29) is 23.9 Å². The van der Waals surface area contributed by atoms with Crippen molar-refractivity contribution in [3.05, 3.63) is 35.4 Å². The molecule has 0 N–H and O–H groups in total. The van der Waals surface area contributed by atoms with Crippen LogP contribution in [0, 0.1) is 0 Å². The zero-order chi connectivity index (χ0) is 21.6. The van der Waals surface area contributed by atoms with E-state index in [1.807, 2.05) is 0 Å². The van der Waals surface area contributed by atoms with E-state index in [4.69, 9.17) is 18.9 Å². The second kappa shape index (κ2) is 13.3.